The summed E-state index contributed by atoms with van der Waals surface area (Å²) in [5.74, 6) is 0.592. The van der Waals surface area contributed by atoms with Gasteiger partial charge in [-0.3, -0.25) is 0 Å². The van der Waals surface area contributed by atoms with Crippen molar-refractivity contribution in [3.8, 4) is 0 Å². The Morgan fingerprint density at radius 3 is 2.71 bits per heavy atom. The lowest BCUT2D eigenvalue weighted by atomic mass is 10.1. The summed E-state index contributed by atoms with van der Waals surface area (Å²) in [4.78, 5) is 4.29. The quantitative estimate of drug-likeness (QED) is 0.944. The molecule has 0 bridgehead atoms. The summed E-state index contributed by atoms with van der Waals surface area (Å²) in [6, 6.07) is 4.72. The molecule has 1 heterocycles. The SMILES string of the molecule is CNC(c1cc(F)cc(Br)c1)c1nccn1C. The average Bonchev–Trinajstić information content (AvgIpc) is 2.65. The van der Waals surface area contributed by atoms with Gasteiger partial charge in [-0.05, 0) is 30.8 Å². The van der Waals surface area contributed by atoms with Gasteiger partial charge in [-0.2, -0.15) is 0 Å². The van der Waals surface area contributed by atoms with E-state index in [0.717, 1.165) is 15.9 Å². The number of halogens is 2. The molecule has 90 valence electrons. The van der Waals surface area contributed by atoms with Crippen molar-refractivity contribution in [1.82, 2.24) is 14.9 Å². The van der Waals surface area contributed by atoms with Gasteiger partial charge in [0.1, 0.15) is 11.6 Å². The van der Waals surface area contributed by atoms with Gasteiger partial charge in [-0.1, -0.05) is 15.9 Å². The Bertz CT molecular complexity index is 504. The van der Waals surface area contributed by atoms with E-state index in [1.807, 2.05) is 30.9 Å². The number of aromatic nitrogens is 2. The third kappa shape index (κ3) is 2.56. The molecule has 5 heteroatoms. The minimum Gasteiger partial charge on any atom is -0.336 e. The van der Waals surface area contributed by atoms with Gasteiger partial charge in [-0.25, -0.2) is 9.37 Å². The van der Waals surface area contributed by atoms with Crippen molar-refractivity contribution in [3.63, 3.8) is 0 Å². The van der Waals surface area contributed by atoms with Crippen molar-refractivity contribution in [2.75, 3.05) is 7.05 Å². The number of benzene rings is 1. The molecule has 0 aliphatic carbocycles. The predicted molar refractivity (Wildman–Crippen MR) is 68.2 cm³/mol. The Morgan fingerprint density at radius 2 is 2.18 bits per heavy atom. The maximum atomic E-state index is 13.4. The lowest BCUT2D eigenvalue weighted by Gasteiger charge is -2.16. The van der Waals surface area contributed by atoms with Crippen LogP contribution in [0.2, 0.25) is 0 Å². The van der Waals surface area contributed by atoms with Crippen LogP contribution in [0, 0.1) is 5.82 Å². The Hall–Kier alpha value is -1.20. The third-order valence-electron chi connectivity index (χ3n) is 2.62. The van der Waals surface area contributed by atoms with E-state index in [9.17, 15) is 4.39 Å². The molecule has 0 saturated carbocycles. The highest BCUT2D eigenvalue weighted by Gasteiger charge is 2.17. The number of nitrogens with one attached hydrogen (secondary N) is 1. The van der Waals surface area contributed by atoms with Crippen molar-refractivity contribution < 1.29 is 4.39 Å². The first-order chi connectivity index (χ1) is 8.11. The van der Waals surface area contributed by atoms with Gasteiger partial charge >= 0.3 is 0 Å². The van der Waals surface area contributed by atoms with E-state index in [1.54, 1.807) is 6.20 Å². The Morgan fingerprint density at radius 1 is 1.41 bits per heavy atom. The van der Waals surface area contributed by atoms with Crippen LogP contribution in [-0.2, 0) is 7.05 Å². The van der Waals surface area contributed by atoms with E-state index in [1.165, 1.54) is 12.1 Å². The summed E-state index contributed by atoms with van der Waals surface area (Å²) in [6.45, 7) is 0. The lowest BCUT2D eigenvalue weighted by molar-refractivity contribution is 0.595. The fourth-order valence-corrected chi connectivity index (χ4v) is 2.32. The van der Waals surface area contributed by atoms with Gasteiger partial charge < -0.3 is 9.88 Å². The molecule has 1 aromatic carbocycles. The summed E-state index contributed by atoms with van der Waals surface area (Å²) in [7, 11) is 3.75. The van der Waals surface area contributed by atoms with Gasteiger partial charge in [0.05, 0.1) is 6.04 Å². The summed E-state index contributed by atoms with van der Waals surface area (Å²) < 4.78 is 16.0. The van der Waals surface area contributed by atoms with E-state index in [2.05, 4.69) is 26.2 Å². The van der Waals surface area contributed by atoms with Crippen LogP contribution in [0.4, 0.5) is 4.39 Å². The minimum atomic E-state index is -0.260. The third-order valence-corrected chi connectivity index (χ3v) is 3.08. The fourth-order valence-electron chi connectivity index (χ4n) is 1.84. The van der Waals surface area contributed by atoms with Crippen LogP contribution >= 0.6 is 15.9 Å². The van der Waals surface area contributed by atoms with Gasteiger partial charge in [-0.15, -0.1) is 0 Å². The smallest absolute Gasteiger partial charge is 0.130 e. The van der Waals surface area contributed by atoms with Crippen LogP contribution in [0.3, 0.4) is 0 Å². The zero-order chi connectivity index (χ0) is 12.4. The lowest BCUT2D eigenvalue weighted by Crippen LogP contribution is -2.21. The van der Waals surface area contributed by atoms with Crippen LogP contribution < -0.4 is 5.32 Å². The molecule has 0 saturated heterocycles. The first-order valence-corrected chi connectivity index (χ1v) is 6.01. The van der Waals surface area contributed by atoms with Crippen LogP contribution in [-0.4, -0.2) is 16.6 Å². The predicted octanol–water partition coefficient (Wildman–Crippen LogP) is 2.63. The van der Waals surface area contributed by atoms with Crippen molar-refractivity contribution in [2.45, 2.75) is 6.04 Å². The van der Waals surface area contributed by atoms with E-state index < -0.39 is 0 Å². The Labute approximate surface area is 108 Å². The van der Waals surface area contributed by atoms with Gasteiger partial charge in [0.2, 0.25) is 0 Å². The number of nitrogens with zero attached hydrogens (tertiary/aromatic N) is 2. The molecule has 0 aliphatic rings. The first kappa shape index (κ1) is 12.3. The second kappa shape index (κ2) is 4.98. The van der Waals surface area contributed by atoms with Gasteiger partial charge in [0.15, 0.2) is 0 Å². The van der Waals surface area contributed by atoms with Crippen LogP contribution in [0.25, 0.3) is 0 Å². The highest BCUT2D eigenvalue weighted by molar-refractivity contribution is 9.10. The second-order valence-electron chi connectivity index (χ2n) is 3.82. The summed E-state index contributed by atoms with van der Waals surface area (Å²) in [6.07, 6.45) is 3.60. The number of aryl methyl sites for hydroxylation is 1. The van der Waals surface area contributed by atoms with E-state index >= 15 is 0 Å². The average molecular weight is 298 g/mol. The molecule has 2 rings (SSSR count). The van der Waals surface area contributed by atoms with Crippen molar-refractivity contribution in [1.29, 1.82) is 0 Å². The van der Waals surface area contributed by atoms with Crippen molar-refractivity contribution >= 4 is 15.9 Å². The van der Waals surface area contributed by atoms with Crippen LogP contribution in [0.15, 0.2) is 35.1 Å². The van der Waals surface area contributed by atoms with E-state index in [-0.39, 0.29) is 11.9 Å². The molecule has 17 heavy (non-hydrogen) atoms. The first-order valence-electron chi connectivity index (χ1n) is 5.22. The van der Waals surface area contributed by atoms with Crippen molar-refractivity contribution in [3.05, 3.63) is 52.3 Å². The molecule has 0 amide bonds. The highest BCUT2D eigenvalue weighted by atomic mass is 79.9. The number of imidazole rings is 1. The van der Waals surface area contributed by atoms with Crippen LogP contribution in [0.1, 0.15) is 17.4 Å². The van der Waals surface area contributed by atoms with Gasteiger partial charge in [0, 0.05) is 23.9 Å². The normalized spacial score (nSPS) is 12.7. The largest absolute Gasteiger partial charge is 0.336 e. The molecule has 0 aliphatic heterocycles. The molecule has 1 N–H and O–H groups in total. The number of hydrogen-bond acceptors (Lipinski definition) is 2. The molecule has 1 atom stereocenters. The van der Waals surface area contributed by atoms with Crippen molar-refractivity contribution in [2.24, 2.45) is 7.05 Å². The maximum absolute atomic E-state index is 13.4. The minimum absolute atomic E-state index is 0.123. The molecule has 3 nitrogen and oxygen atoms in total. The zero-order valence-corrected chi connectivity index (χ0v) is 11.2. The zero-order valence-electron chi connectivity index (χ0n) is 9.61. The summed E-state index contributed by atoms with van der Waals surface area (Å²) >= 11 is 3.30. The molecule has 0 radical (unpaired) electrons. The fraction of sp³-hybridized carbons (Fsp3) is 0.250. The number of rotatable bonds is 3. The van der Waals surface area contributed by atoms with Crippen LogP contribution in [0.5, 0.6) is 0 Å². The molecular formula is C12H13BrFN3. The monoisotopic (exact) mass is 297 g/mol. The molecule has 1 unspecified atom stereocenters. The van der Waals surface area contributed by atoms with Gasteiger partial charge in [0.25, 0.3) is 0 Å². The molecule has 2 aromatic rings. The van der Waals surface area contributed by atoms with E-state index in [4.69, 9.17) is 0 Å². The highest BCUT2D eigenvalue weighted by Crippen LogP contribution is 2.24. The summed E-state index contributed by atoms with van der Waals surface area (Å²) in [5.41, 5.74) is 0.841. The topological polar surface area (TPSA) is 29.9 Å². The standard InChI is InChI=1S/C12H13BrFN3/c1-15-11(12-16-3-4-17(12)2)8-5-9(13)7-10(14)6-8/h3-7,11,15H,1-2H3. The number of hydrogen-bond donors (Lipinski definition) is 1. The molecular weight excluding hydrogens is 285 g/mol. The Balaban J connectivity index is 2.45. The molecule has 0 spiro atoms. The second-order valence-corrected chi connectivity index (χ2v) is 4.74. The Kier molecular flexibility index (Phi) is 3.59. The summed E-state index contributed by atoms with van der Waals surface area (Å²) in [5, 5.41) is 3.15. The molecule has 0 fully saturated rings. The van der Waals surface area contributed by atoms with E-state index in [0.29, 0.717) is 0 Å². The molecule has 1 aromatic heterocycles. The maximum Gasteiger partial charge on any atom is 0.130 e.